The van der Waals surface area contributed by atoms with E-state index in [1.807, 2.05) is 48.5 Å². The van der Waals surface area contributed by atoms with Crippen LogP contribution in [0.1, 0.15) is 32.8 Å². The number of ketones is 1. The van der Waals surface area contributed by atoms with Crippen LogP contribution in [-0.2, 0) is 23.2 Å². The van der Waals surface area contributed by atoms with Gasteiger partial charge >= 0.3 is 0 Å². The lowest BCUT2D eigenvalue weighted by molar-refractivity contribution is -0.138. The van der Waals surface area contributed by atoms with E-state index in [2.05, 4.69) is 0 Å². The first-order valence-corrected chi connectivity index (χ1v) is 11.9. The monoisotopic (exact) mass is 483 g/mol. The highest BCUT2D eigenvalue weighted by molar-refractivity contribution is 6.25. The first-order valence-electron chi connectivity index (χ1n) is 11.9. The first-order chi connectivity index (χ1) is 17.3. The predicted octanol–water partition coefficient (Wildman–Crippen LogP) is 2.96. The highest BCUT2D eigenvalue weighted by Crippen LogP contribution is 2.44. The number of aromatic nitrogens is 1. The minimum Gasteiger partial charge on any atom is -0.497 e. The van der Waals surface area contributed by atoms with Gasteiger partial charge in [0.1, 0.15) is 11.4 Å². The Labute approximate surface area is 207 Å². The molecule has 6 rings (SSSR count). The zero-order valence-electron chi connectivity index (χ0n) is 20.2. The molecular weight excluding hydrogens is 458 g/mol. The summed E-state index contributed by atoms with van der Waals surface area (Å²) in [7, 11) is 4.83. The number of Topliss-reactive ketones (excluding diaryl/α,β-unsaturated/α-hetero) is 1. The molecule has 1 aromatic heterocycles. The molecule has 36 heavy (non-hydrogen) atoms. The van der Waals surface area contributed by atoms with Crippen molar-refractivity contribution >= 4 is 34.4 Å². The third-order valence-electron chi connectivity index (χ3n) is 7.85. The largest absolute Gasteiger partial charge is 0.497 e. The van der Waals surface area contributed by atoms with E-state index in [1.165, 1.54) is 7.05 Å². The Hall–Kier alpha value is -4.20. The highest BCUT2D eigenvalue weighted by Gasteiger charge is 2.56. The quantitative estimate of drug-likeness (QED) is 0.535. The van der Waals surface area contributed by atoms with E-state index < -0.39 is 17.9 Å². The van der Waals surface area contributed by atoms with E-state index in [-0.39, 0.29) is 30.0 Å². The average Bonchev–Trinajstić information content (AvgIpc) is 3.29. The molecule has 3 heterocycles. The van der Waals surface area contributed by atoms with Crippen LogP contribution in [-0.4, -0.2) is 58.1 Å². The summed E-state index contributed by atoms with van der Waals surface area (Å²) in [5.74, 6) is -1.91. The number of benzene rings is 2. The van der Waals surface area contributed by atoms with Gasteiger partial charge in [0.2, 0.25) is 11.8 Å². The Balaban J connectivity index is 1.57. The lowest BCUT2D eigenvalue weighted by atomic mass is 9.75. The molecule has 0 saturated carbocycles. The molecule has 0 radical (unpaired) electrons. The van der Waals surface area contributed by atoms with Crippen LogP contribution in [0.5, 0.6) is 5.75 Å². The molecule has 0 bridgehead atoms. The average molecular weight is 484 g/mol. The van der Waals surface area contributed by atoms with Gasteiger partial charge in [-0.2, -0.15) is 0 Å². The van der Waals surface area contributed by atoms with E-state index in [0.29, 0.717) is 34.4 Å². The van der Waals surface area contributed by atoms with Crippen molar-refractivity contribution < 1.29 is 23.9 Å². The van der Waals surface area contributed by atoms with Gasteiger partial charge in [0.15, 0.2) is 5.78 Å². The molecule has 3 atom stereocenters. The number of aryl methyl sites for hydroxylation is 1. The number of ether oxygens (including phenoxy) is 1. The number of hydrogen-bond donors (Lipinski definition) is 0. The normalized spacial score (nSPS) is 23.4. The van der Waals surface area contributed by atoms with E-state index >= 15 is 0 Å². The molecule has 0 spiro atoms. The fourth-order valence-electron chi connectivity index (χ4n) is 6.04. The molecule has 8 nitrogen and oxygen atoms in total. The lowest BCUT2D eigenvalue weighted by Gasteiger charge is -2.38. The van der Waals surface area contributed by atoms with Crippen LogP contribution in [0.25, 0.3) is 10.9 Å². The van der Waals surface area contributed by atoms with E-state index in [4.69, 9.17) is 4.74 Å². The van der Waals surface area contributed by atoms with Gasteiger partial charge in [-0.15, -0.1) is 0 Å². The van der Waals surface area contributed by atoms with Gasteiger partial charge < -0.3 is 14.2 Å². The summed E-state index contributed by atoms with van der Waals surface area (Å²) in [6.07, 6.45) is 2.06. The Kier molecular flexibility index (Phi) is 4.90. The highest BCUT2D eigenvalue weighted by atomic mass is 16.5. The molecule has 1 saturated heterocycles. The second-order valence-corrected chi connectivity index (χ2v) is 9.62. The van der Waals surface area contributed by atoms with Crippen LogP contribution < -0.4 is 4.74 Å². The number of amides is 3. The van der Waals surface area contributed by atoms with Gasteiger partial charge in [0, 0.05) is 37.1 Å². The predicted molar refractivity (Wildman–Crippen MR) is 131 cm³/mol. The topological polar surface area (TPSA) is 88.9 Å². The number of carbonyl (C=O) groups is 4. The van der Waals surface area contributed by atoms with Crippen molar-refractivity contribution in [2.45, 2.75) is 19.0 Å². The maximum atomic E-state index is 14.3. The zero-order valence-corrected chi connectivity index (χ0v) is 20.2. The van der Waals surface area contributed by atoms with Crippen molar-refractivity contribution in [2.75, 3.05) is 14.2 Å². The Morgan fingerprint density at radius 3 is 2.39 bits per heavy atom. The van der Waals surface area contributed by atoms with Gasteiger partial charge in [-0.05, 0) is 30.2 Å². The van der Waals surface area contributed by atoms with Crippen LogP contribution in [0.3, 0.4) is 0 Å². The van der Waals surface area contributed by atoms with Gasteiger partial charge in [-0.1, -0.05) is 36.4 Å². The molecular formula is C28H25N3O5. The summed E-state index contributed by atoms with van der Waals surface area (Å²) < 4.78 is 7.02. The van der Waals surface area contributed by atoms with E-state index in [1.54, 1.807) is 29.7 Å². The van der Waals surface area contributed by atoms with E-state index in [9.17, 15) is 19.2 Å². The van der Waals surface area contributed by atoms with Gasteiger partial charge in [0.25, 0.3) is 5.91 Å². The maximum Gasteiger partial charge on any atom is 0.272 e. The number of fused-ring (bicyclic) bond motifs is 6. The molecule has 8 heteroatoms. The molecule has 2 aromatic carbocycles. The number of nitrogens with zero attached hydrogens (tertiary/aromatic N) is 3. The van der Waals surface area contributed by atoms with Crippen molar-refractivity contribution in [3.63, 3.8) is 0 Å². The van der Waals surface area contributed by atoms with Gasteiger partial charge in [0.05, 0.1) is 30.6 Å². The summed E-state index contributed by atoms with van der Waals surface area (Å²) in [5, 5.41) is 0.701. The molecule has 3 aliphatic rings. The Bertz CT molecular complexity index is 1500. The fraction of sp³-hybridized carbons (Fsp3) is 0.286. The first kappa shape index (κ1) is 22.3. The number of para-hydroxylation sites is 1. The number of hydrogen-bond acceptors (Lipinski definition) is 5. The smallest absolute Gasteiger partial charge is 0.272 e. The minimum absolute atomic E-state index is 0.174. The molecule has 182 valence electrons. The minimum atomic E-state index is -0.835. The molecule has 3 amide bonds. The number of rotatable bonds is 3. The van der Waals surface area contributed by atoms with E-state index in [0.717, 1.165) is 16.0 Å². The molecule has 0 N–H and O–H groups in total. The van der Waals surface area contributed by atoms with Crippen LogP contribution >= 0.6 is 0 Å². The summed E-state index contributed by atoms with van der Waals surface area (Å²) in [6.45, 7) is 0.174. The fourth-order valence-corrected chi connectivity index (χ4v) is 6.04. The number of allylic oxidation sites excluding steroid dienone is 1. The standard InChI is InChI=1S/C28H25N3O5/c1-29-20-7-5-4-6-17(20)21-24(29)28(35)31(14-15-8-10-16(36-3)11-9-15)23-19(25(21)32)13-12-18-22(23)27(34)30(2)26(18)33/h4-11,13,18,22-23H,12,14H2,1-3H3. The van der Waals surface area contributed by atoms with Crippen LogP contribution in [0.4, 0.5) is 0 Å². The molecule has 1 aliphatic carbocycles. The maximum absolute atomic E-state index is 14.3. The SMILES string of the molecule is COc1ccc(CN2C(=O)c3c(c4ccccc4n3C)C(=O)C3=CCC4C(=O)N(C)C(=O)C4C32)cc1. The van der Waals surface area contributed by atoms with Crippen molar-refractivity contribution in [1.29, 1.82) is 0 Å². The van der Waals surface area contributed by atoms with Crippen molar-refractivity contribution in [1.82, 2.24) is 14.4 Å². The molecule has 2 aliphatic heterocycles. The molecule has 3 unspecified atom stereocenters. The van der Waals surface area contributed by atoms with Crippen LogP contribution in [0, 0.1) is 11.8 Å². The Morgan fingerprint density at radius 1 is 0.944 bits per heavy atom. The van der Waals surface area contributed by atoms with Gasteiger partial charge in [-0.3, -0.25) is 24.1 Å². The second kappa shape index (κ2) is 7.91. The summed E-state index contributed by atoms with van der Waals surface area (Å²) in [4.78, 5) is 57.3. The Morgan fingerprint density at radius 2 is 1.67 bits per heavy atom. The number of likely N-dealkylation sites (tertiary alicyclic amines) is 1. The molecule has 1 fully saturated rings. The summed E-state index contributed by atoms with van der Waals surface area (Å²) >= 11 is 0. The number of methoxy groups -OCH3 is 1. The number of imide groups is 1. The van der Waals surface area contributed by atoms with Crippen LogP contribution in [0.15, 0.2) is 60.2 Å². The zero-order chi connectivity index (χ0) is 25.3. The van der Waals surface area contributed by atoms with Crippen molar-refractivity contribution in [3.8, 4) is 5.75 Å². The third-order valence-corrected chi connectivity index (χ3v) is 7.85. The second-order valence-electron chi connectivity index (χ2n) is 9.62. The summed E-state index contributed by atoms with van der Waals surface area (Å²) in [6, 6.07) is 13.9. The summed E-state index contributed by atoms with van der Waals surface area (Å²) in [5.41, 5.74) is 2.67. The van der Waals surface area contributed by atoms with Crippen molar-refractivity contribution in [2.24, 2.45) is 18.9 Å². The van der Waals surface area contributed by atoms with Gasteiger partial charge in [-0.25, -0.2) is 0 Å². The van der Waals surface area contributed by atoms with Crippen LogP contribution in [0.2, 0.25) is 0 Å². The third kappa shape index (κ3) is 2.93. The lowest BCUT2D eigenvalue weighted by Crippen LogP contribution is -2.50. The van der Waals surface area contributed by atoms with Crippen molar-refractivity contribution in [3.05, 3.63) is 77.0 Å². The number of carbonyl (C=O) groups excluding carboxylic acids is 4. The molecule has 3 aromatic rings.